The van der Waals surface area contributed by atoms with Crippen LogP contribution in [-0.2, 0) is 4.79 Å². The molecule has 0 spiro atoms. The van der Waals surface area contributed by atoms with Gasteiger partial charge in [0, 0.05) is 12.7 Å². The van der Waals surface area contributed by atoms with E-state index in [-0.39, 0.29) is 5.91 Å². The Labute approximate surface area is 118 Å². The first-order valence-electron chi connectivity index (χ1n) is 6.55. The molecule has 0 heterocycles. The predicted molar refractivity (Wildman–Crippen MR) is 85.0 cm³/mol. The molecule has 100 valence electrons. The predicted octanol–water partition coefficient (Wildman–Crippen LogP) is 3.95. The van der Waals surface area contributed by atoms with Crippen molar-refractivity contribution < 1.29 is 4.79 Å². The summed E-state index contributed by atoms with van der Waals surface area (Å²) in [5.41, 5.74) is 0.959. The highest BCUT2D eigenvalue weighted by atomic mass is 32.2. The van der Waals surface area contributed by atoms with Gasteiger partial charge in [-0.3, -0.25) is 4.79 Å². The minimum Gasteiger partial charge on any atom is -0.315 e. The Balaban J connectivity index is 2.12. The summed E-state index contributed by atoms with van der Waals surface area (Å²) in [6.07, 6.45) is 1.11. The molecule has 0 N–H and O–H groups in total. The van der Waals surface area contributed by atoms with Gasteiger partial charge >= 0.3 is 0 Å². The number of anilines is 1. The maximum absolute atomic E-state index is 12.1. The molecule has 0 unspecified atom stereocenters. The molecule has 2 rings (SSSR count). The van der Waals surface area contributed by atoms with Crippen LogP contribution in [-0.4, -0.2) is 24.5 Å². The van der Waals surface area contributed by atoms with E-state index in [1.807, 2.05) is 25.2 Å². The SMILES string of the molecule is CCCSCC(=O)N(C)c1ccc2ccccc2c1. The zero-order valence-electron chi connectivity index (χ0n) is 11.4. The zero-order valence-corrected chi connectivity index (χ0v) is 12.2. The number of thioether (sulfide) groups is 1. The molecule has 0 radical (unpaired) electrons. The fourth-order valence-corrected chi connectivity index (χ4v) is 2.73. The first kappa shape index (κ1) is 13.9. The summed E-state index contributed by atoms with van der Waals surface area (Å²) in [7, 11) is 1.85. The van der Waals surface area contributed by atoms with Crippen LogP contribution in [0.15, 0.2) is 42.5 Å². The van der Waals surface area contributed by atoms with Crippen molar-refractivity contribution in [3.8, 4) is 0 Å². The Kier molecular flexibility index (Phi) is 4.86. The number of benzene rings is 2. The monoisotopic (exact) mass is 273 g/mol. The van der Waals surface area contributed by atoms with Gasteiger partial charge in [-0.25, -0.2) is 0 Å². The molecule has 0 saturated carbocycles. The van der Waals surface area contributed by atoms with Crippen LogP contribution in [0.3, 0.4) is 0 Å². The maximum atomic E-state index is 12.1. The molecule has 0 atom stereocenters. The quantitative estimate of drug-likeness (QED) is 0.769. The fourth-order valence-electron chi connectivity index (χ4n) is 1.93. The smallest absolute Gasteiger partial charge is 0.236 e. The van der Waals surface area contributed by atoms with Gasteiger partial charge in [-0.05, 0) is 35.1 Å². The van der Waals surface area contributed by atoms with Gasteiger partial charge in [0.1, 0.15) is 0 Å². The fraction of sp³-hybridized carbons (Fsp3) is 0.312. The van der Waals surface area contributed by atoms with Crippen molar-refractivity contribution in [1.82, 2.24) is 0 Å². The Morgan fingerprint density at radius 1 is 1.16 bits per heavy atom. The summed E-state index contributed by atoms with van der Waals surface area (Å²) >= 11 is 1.70. The van der Waals surface area contributed by atoms with Gasteiger partial charge in [0.05, 0.1) is 5.75 Å². The molecule has 2 aromatic rings. The van der Waals surface area contributed by atoms with Gasteiger partial charge < -0.3 is 4.90 Å². The van der Waals surface area contributed by atoms with Crippen LogP contribution in [0.2, 0.25) is 0 Å². The third-order valence-electron chi connectivity index (χ3n) is 3.07. The lowest BCUT2D eigenvalue weighted by Gasteiger charge is -2.17. The van der Waals surface area contributed by atoms with Gasteiger partial charge in [0.15, 0.2) is 0 Å². The average Bonchev–Trinajstić information content (AvgIpc) is 2.46. The first-order chi connectivity index (χ1) is 9.22. The average molecular weight is 273 g/mol. The lowest BCUT2D eigenvalue weighted by Crippen LogP contribution is -2.27. The van der Waals surface area contributed by atoms with Gasteiger partial charge in [-0.1, -0.05) is 37.3 Å². The molecule has 0 aromatic heterocycles. The van der Waals surface area contributed by atoms with Crippen LogP contribution in [0.1, 0.15) is 13.3 Å². The molecule has 3 heteroatoms. The van der Waals surface area contributed by atoms with E-state index in [2.05, 4.69) is 31.2 Å². The number of rotatable bonds is 5. The number of amides is 1. The maximum Gasteiger partial charge on any atom is 0.236 e. The molecule has 0 aliphatic heterocycles. The second-order valence-electron chi connectivity index (χ2n) is 4.54. The van der Waals surface area contributed by atoms with E-state index in [9.17, 15) is 4.79 Å². The van der Waals surface area contributed by atoms with Crippen molar-refractivity contribution in [2.75, 3.05) is 23.5 Å². The summed E-state index contributed by atoms with van der Waals surface area (Å²) in [5, 5.41) is 2.37. The minimum atomic E-state index is 0.161. The first-order valence-corrected chi connectivity index (χ1v) is 7.71. The largest absolute Gasteiger partial charge is 0.315 e. The third kappa shape index (κ3) is 3.51. The van der Waals surface area contributed by atoms with E-state index in [1.165, 1.54) is 10.8 Å². The van der Waals surface area contributed by atoms with Crippen LogP contribution in [0.5, 0.6) is 0 Å². The molecular weight excluding hydrogens is 254 g/mol. The van der Waals surface area contributed by atoms with Crippen LogP contribution >= 0.6 is 11.8 Å². The number of nitrogens with zero attached hydrogens (tertiary/aromatic N) is 1. The molecule has 0 bridgehead atoms. The van der Waals surface area contributed by atoms with Crippen molar-refractivity contribution in [3.63, 3.8) is 0 Å². The number of hydrogen-bond acceptors (Lipinski definition) is 2. The molecule has 1 amide bonds. The lowest BCUT2D eigenvalue weighted by molar-refractivity contribution is -0.115. The van der Waals surface area contributed by atoms with E-state index >= 15 is 0 Å². The molecule has 2 aromatic carbocycles. The topological polar surface area (TPSA) is 20.3 Å². The van der Waals surface area contributed by atoms with Gasteiger partial charge in [0.25, 0.3) is 0 Å². The summed E-state index contributed by atoms with van der Waals surface area (Å²) in [4.78, 5) is 13.8. The highest BCUT2D eigenvalue weighted by Gasteiger charge is 2.10. The van der Waals surface area contributed by atoms with Crippen molar-refractivity contribution in [3.05, 3.63) is 42.5 Å². The van der Waals surface area contributed by atoms with E-state index in [0.717, 1.165) is 17.9 Å². The van der Waals surface area contributed by atoms with E-state index < -0.39 is 0 Å². The van der Waals surface area contributed by atoms with E-state index in [0.29, 0.717) is 5.75 Å². The number of carbonyl (C=O) groups is 1. The van der Waals surface area contributed by atoms with Gasteiger partial charge in [-0.15, -0.1) is 0 Å². The Hall–Kier alpha value is -1.48. The third-order valence-corrected chi connectivity index (χ3v) is 4.22. The van der Waals surface area contributed by atoms with Crippen molar-refractivity contribution >= 4 is 34.1 Å². The van der Waals surface area contributed by atoms with Crippen molar-refractivity contribution in [2.24, 2.45) is 0 Å². The van der Waals surface area contributed by atoms with Crippen molar-refractivity contribution in [1.29, 1.82) is 0 Å². The standard InChI is InChI=1S/C16H19NOS/c1-3-10-19-12-16(18)17(2)15-9-8-13-6-4-5-7-14(13)11-15/h4-9,11H,3,10,12H2,1-2H3. The van der Waals surface area contributed by atoms with Gasteiger partial charge in [-0.2, -0.15) is 11.8 Å². The number of carbonyl (C=O) groups excluding carboxylic acids is 1. The van der Waals surface area contributed by atoms with E-state index in [4.69, 9.17) is 0 Å². The lowest BCUT2D eigenvalue weighted by atomic mass is 10.1. The van der Waals surface area contributed by atoms with E-state index in [1.54, 1.807) is 16.7 Å². The Morgan fingerprint density at radius 2 is 1.89 bits per heavy atom. The molecule has 0 saturated heterocycles. The number of hydrogen-bond donors (Lipinski definition) is 0. The highest BCUT2D eigenvalue weighted by Crippen LogP contribution is 2.21. The van der Waals surface area contributed by atoms with Crippen LogP contribution in [0.4, 0.5) is 5.69 Å². The molecular formula is C16H19NOS. The van der Waals surface area contributed by atoms with Crippen LogP contribution < -0.4 is 4.90 Å². The van der Waals surface area contributed by atoms with Crippen LogP contribution in [0.25, 0.3) is 10.8 Å². The Bertz CT molecular complexity index is 567. The minimum absolute atomic E-state index is 0.161. The molecule has 0 fully saturated rings. The summed E-state index contributed by atoms with van der Waals surface area (Å²) in [5.74, 6) is 1.75. The second-order valence-corrected chi connectivity index (χ2v) is 5.64. The highest BCUT2D eigenvalue weighted by molar-refractivity contribution is 7.99. The normalized spacial score (nSPS) is 10.6. The Morgan fingerprint density at radius 3 is 2.63 bits per heavy atom. The molecule has 0 aliphatic carbocycles. The molecule has 19 heavy (non-hydrogen) atoms. The van der Waals surface area contributed by atoms with Crippen molar-refractivity contribution in [2.45, 2.75) is 13.3 Å². The zero-order chi connectivity index (χ0) is 13.7. The second kappa shape index (κ2) is 6.62. The number of fused-ring (bicyclic) bond motifs is 1. The summed E-state index contributed by atoms with van der Waals surface area (Å²) < 4.78 is 0. The molecule has 0 aliphatic rings. The summed E-state index contributed by atoms with van der Waals surface area (Å²) in [6.45, 7) is 2.13. The van der Waals surface area contributed by atoms with Crippen LogP contribution in [0, 0.1) is 0 Å². The molecule has 2 nitrogen and oxygen atoms in total. The summed E-state index contributed by atoms with van der Waals surface area (Å²) in [6, 6.07) is 14.3. The van der Waals surface area contributed by atoms with Gasteiger partial charge in [0.2, 0.25) is 5.91 Å².